The molecule has 2 N–H and O–H groups in total. The van der Waals surface area contributed by atoms with Crippen LogP contribution in [-0.2, 0) is 0 Å². The molecule has 0 aliphatic rings. The Labute approximate surface area is 119 Å². The number of amides is 1. The zero-order valence-electron chi connectivity index (χ0n) is 10.9. The first-order valence-electron chi connectivity index (χ1n) is 6.18. The summed E-state index contributed by atoms with van der Waals surface area (Å²) in [5.41, 5.74) is 0.905. The van der Waals surface area contributed by atoms with Crippen molar-refractivity contribution in [3.63, 3.8) is 0 Å². The molecule has 0 spiro atoms. The van der Waals surface area contributed by atoms with Crippen LogP contribution in [0.5, 0.6) is 0 Å². The van der Waals surface area contributed by atoms with Crippen LogP contribution in [0.15, 0.2) is 60.2 Å². The molecule has 0 unspecified atom stereocenters. The largest absolute Gasteiger partial charge is 0.367 e. The van der Waals surface area contributed by atoms with E-state index in [4.69, 9.17) is 0 Å². The van der Waals surface area contributed by atoms with Crippen LogP contribution in [0.25, 0.3) is 5.69 Å². The summed E-state index contributed by atoms with van der Waals surface area (Å²) in [6.45, 7) is 0. The molecule has 2 heterocycles. The van der Waals surface area contributed by atoms with E-state index in [0.717, 1.165) is 0 Å². The summed E-state index contributed by atoms with van der Waals surface area (Å²) in [6, 6.07) is 8.43. The SMILES string of the molecule is O=C(Nc1ccccc1-n1cncn1)c1c[nH]ccc1=O. The number of carbonyl (C=O) groups excluding carboxylic acids is 1. The van der Waals surface area contributed by atoms with Gasteiger partial charge in [0.1, 0.15) is 18.2 Å². The van der Waals surface area contributed by atoms with Gasteiger partial charge in [-0.05, 0) is 12.1 Å². The van der Waals surface area contributed by atoms with E-state index in [1.807, 2.05) is 6.07 Å². The van der Waals surface area contributed by atoms with Crippen molar-refractivity contribution in [1.29, 1.82) is 0 Å². The van der Waals surface area contributed by atoms with Gasteiger partial charge in [-0.1, -0.05) is 12.1 Å². The van der Waals surface area contributed by atoms with Gasteiger partial charge in [-0.15, -0.1) is 0 Å². The zero-order valence-corrected chi connectivity index (χ0v) is 10.9. The number of H-pyrrole nitrogens is 1. The maximum atomic E-state index is 12.2. The van der Waals surface area contributed by atoms with Gasteiger partial charge in [0, 0.05) is 18.5 Å². The highest BCUT2D eigenvalue weighted by Gasteiger charge is 2.12. The van der Waals surface area contributed by atoms with E-state index in [0.29, 0.717) is 11.4 Å². The second-order valence-corrected chi connectivity index (χ2v) is 4.23. The number of benzene rings is 1. The van der Waals surface area contributed by atoms with Crippen molar-refractivity contribution in [3.05, 3.63) is 71.2 Å². The highest BCUT2D eigenvalue weighted by molar-refractivity contribution is 6.04. The lowest BCUT2D eigenvalue weighted by Gasteiger charge is -2.10. The molecule has 0 atom stereocenters. The summed E-state index contributed by atoms with van der Waals surface area (Å²) in [6.07, 6.45) is 5.78. The van der Waals surface area contributed by atoms with Gasteiger partial charge in [-0.25, -0.2) is 9.67 Å². The maximum absolute atomic E-state index is 12.2. The third-order valence-electron chi connectivity index (χ3n) is 2.89. The number of anilines is 1. The predicted molar refractivity (Wildman–Crippen MR) is 76.4 cm³/mol. The lowest BCUT2D eigenvalue weighted by molar-refractivity contribution is 0.102. The zero-order chi connectivity index (χ0) is 14.7. The van der Waals surface area contributed by atoms with Crippen molar-refractivity contribution in [2.45, 2.75) is 0 Å². The molecule has 0 aliphatic carbocycles. The van der Waals surface area contributed by atoms with Gasteiger partial charge in [0.25, 0.3) is 5.91 Å². The number of aromatic nitrogens is 4. The van der Waals surface area contributed by atoms with Crippen LogP contribution in [0.4, 0.5) is 5.69 Å². The normalized spacial score (nSPS) is 10.3. The molecule has 21 heavy (non-hydrogen) atoms. The maximum Gasteiger partial charge on any atom is 0.261 e. The summed E-state index contributed by atoms with van der Waals surface area (Å²) >= 11 is 0. The number of nitrogens with one attached hydrogen (secondary N) is 2. The third-order valence-corrected chi connectivity index (χ3v) is 2.89. The first kappa shape index (κ1) is 12.8. The predicted octanol–water partition coefficient (Wildman–Crippen LogP) is 1.21. The molecule has 0 radical (unpaired) electrons. The average molecular weight is 281 g/mol. The van der Waals surface area contributed by atoms with Crippen LogP contribution in [-0.4, -0.2) is 25.7 Å². The Bertz CT molecular complexity index is 823. The molecular weight excluding hydrogens is 270 g/mol. The number of aromatic amines is 1. The fraction of sp³-hybridized carbons (Fsp3) is 0. The molecule has 1 aromatic carbocycles. The third kappa shape index (κ3) is 2.57. The summed E-state index contributed by atoms with van der Waals surface area (Å²) in [7, 11) is 0. The topological polar surface area (TPSA) is 92.7 Å². The highest BCUT2D eigenvalue weighted by Crippen LogP contribution is 2.18. The van der Waals surface area contributed by atoms with Crippen LogP contribution >= 0.6 is 0 Å². The Morgan fingerprint density at radius 2 is 2.10 bits per heavy atom. The Morgan fingerprint density at radius 3 is 2.86 bits per heavy atom. The highest BCUT2D eigenvalue weighted by atomic mass is 16.2. The molecule has 0 saturated heterocycles. The molecular formula is C14H11N5O2. The van der Waals surface area contributed by atoms with E-state index >= 15 is 0 Å². The Balaban J connectivity index is 1.95. The minimum Gasteiger partial charge on any atom is -0.367 e. The van der Waals surface area contributed by atoms with E-state index in [1.54, 1.807) is 18.2 Å². The van der Waals surface area contributed by atoms with Gasteiger partial charge in [-0.2, -0.15) is 5.10 Å². The molecule has 104 valence electrons. The molecule has 1 amide bonds. The number of hydrogen-bond acceptors (Lipinski definition) is 4. The Kier molecular flexibility index (Phi) is 3.30. The summed E-state index contributed by atoms with van der Waals surface area (Å²) in [5, 5.41) is 6.74. The molecule has 0 bridgehead atoms. The second-order valence-electron chi connectivity index (χ2n) is 4.23. The lowest BCUT2D eigenvalue weighted by atomic mass is 10.2. The molecule has 7 heteroatoms. The average Bonchev–Trinajstić information content (AvgIpc) is 3.02. The van der Waals surface area contributed by atoms with Crippen molar-refractivity contribution in [2.75, 3.05) is 5.32 Å². The quantitative estimate of drug-likeness (QED) is 0.754. The second kappa shape index (κ2) is 5.41. The number of hydrogen-bond donors (Lipinski definition) is 2. The smallest absolute Gasteiger partial charge is 0.261 e. The number of carbonyl (C=O) groups is 1. The van der Waals surface area contributed by atoms with Crippen LogP contribution in [0.2, 0.25) is 0 Å². The minimum atomic E-state index is -0.482. The summed E-state index contributed by atoms with van der Waals surface area (Å²) in [4.78, 5) is 30.4. The Morgan fingerprint density at radius 1 is 1.24 bits per heavy atom. The minimum absolute atomic E-state index is 0.0471. The van der Waals surface area contributed by atoms with Crippen molar-refractivity contribution in [1.82, 2.24) is 19.7 Å². The number of pyridine rings is 1. The number of nitrogens with zero attached hydrogens (tertiary/aromatic N) is 3. The van der Waals surface area contributed by atoms with Gasteiger partial charge in [0.15, 0.2) is 5.43 Å². The molecule has 7 nitrogen and oxygen atoms in total. The van der Waals surface area contributed by atoms with Crippen molar-refractivity contribution in [2.24, 2.45) is 0 Å². The van der Waals surface area contributed by atoms with Crippen molar-refractivity contribution < 1.29 is 4.79 Å². The molecule has 2 aromatic heterocycles. The Hall–Kier alpha value is -3.22. The molecule has 3 aromatic rings. The molecule has 0 saturated carbocycles. The number of rotatable bonds is 3. The van der Waals surface area contributed by atoms with Crippen molar-refractivity contribution in [3.8, 4) is 5.69 Å². The van der Waals surface area contributed by atoms with Gasteiger partial charge in [0.2, 0.25) is 0 Å². The fourth-order valence-electron chi connectivity index (χ4n) is 1.89. The van der Waals surface area contributed by atoms with E-state index in [-0.39, 0.29) is 11.0 Å². The van der Waals surface area contributed by atoms with E-state index < -0.39 is 5.91 Å². The van der Waals surface area contributed by atoms with Crippen LogP contribution in [0.3, 0.4) is 0 Å². The lowest BCUT2D eigenvalue weighted by Crippen LogP contribution is -2.21. The molecule has 0 aliphatic heterocycles. The first-order valence-corrected chi connectivity index (χ1v) is 6.18. The summed E-state index contributed by atoms with van der Waals surface area (Å²) in [5.74, 6) is -0.482. The van der Waals surface area contributed by atoms with Crippen LogP contribution in [0, 0.1) is 0 Å². The van der Waals surface area contributed by atoms with Gasteiger partial charge in [-0.3, -0.25) is 9.59 Å². The fourth-order valence-corrected chi connectivity index (χ4v) is 1.89. The van der Waals surface area contributed by atoms with Gasteiger partial charge >= 0.3 is 0 Å². The van der Waals surface area contributed by atoms with E-state index in [1.165, 1.54) is 35.8 Å². The molecule has 3 rings (SSSR count). The van der Waals surface area contributed by atoms with E-state index in [2.05, 4.69) is 20.4 Å². The van der Waals surface area contributed by atoms with Gasteiger partial charge < -0.3 is 10.3 Å². The van der Waals surface area contributed by atoms with Crippen LogP contribution in [0.1, 0.15) is 10.4 Å². The first-order chi connectivity index (χ1) is 10.3. The molecule has 0 fully saturated rings. The van der Waals surface area contributed by atoms with E-state index in [9.17, 15) is 9.59 Å². The van der Waals surface area contributed by atoms with Crippen molar-refractivity contribution >= 4 is 11.6 Å². The number of para-hydroxylation sites is 2. The monoisotopic (exact) mass is 281 g/mol. The van der Waals surface area contributed by atoms with Crippen LogP contribution < -0.4 is 10.7 Å². The summed E-state index contributed by atoms with van der Waals surface area (Å²) < 4.78 is 1.53. The standard InChI is InChI=1S/C14H11N5O2/c20-13-5-6-15-7-10(13)14(21)18-11-3-1-2-4-12(11)19-9-16-8-17-19/h1-9H,(H,15,20)(H,18,21). The van der Waals surface area contributed by atoms with Gasteiger partial charge in [0.05, 0.1) is 11.4 Å².